The van der Waals surface area contributed by atoms with Gasteiger partial charge in [0.15, 0.2) is 0 Å². The number of aryl methyl sites for hydroxylation is 1. The molecule has 0 N–H and O–H groups in total. The lowest BCUT2D eigenvalue weighted by Gasteiger charge is -2.17. The lowest BCUT2D eigenvalue weighted by molar-refractivity contribution is 0.922. The number of benzene rings is 10. The van der Waals surface area contributed by atoms with Gasteiger partial charge in [-0.25, -0.2) is 0 Å². The zero-order chi connectivity index (χ0) is 37.2. The Kier molecular flexibility index (Phi) is 7.60. The first-order valence-electron chi connectivity index (χ1n) is 19.8. The van der Waals surface area contributed by atoms with Crippen LogP contribution in [-0.4, -0.2) is 4.57 Å². The van der Waals surface area contributed by atoms with E-state index in [4.69, 9.17) is 0 Å². The van der Waals surface area contributed by atoms with Crippen molar-refractivity contribution in [2.75, 3.05) is 0 Å². The second kappa shape index (κ2) is 13.1. The van der Waals surface area contributed by atoms with E-state index in [9.17, 15) is 0 Å². The summed E-state index contributed by atoms with van der Waals surface area (Å²) in [5.74, 6) is 0. The summed E-state index contributed by atoms with van der Waals surface area (Å²) in [7, 11) is 0. The van der Waals surface area contributed by atoms with E-state index in [1.165, 1.54) is 104 Å². The molecule has 0 saturated carbocycles. The van der Waals surface area contributed by atoms with Gasteiger partial charge in [0.25, 0.3) is 0 Å². The highest BCUT2D eigenvalue weighted by Gasteiger charge is 2.17. The molecule has 1 heterocycles. The van der Waals surface area contributed by atoms with Gasteiger partial charge in [0.1, 0.15) is 0 Å². The highest BCUT2D eigenvalue weighted by atomic mass is 15.0. The van der Waals surface area contributed by atoms with Gasteiger partial charge in [-0.05, 0) is 113 Å². The maximum absolute atomic E-state index is 2.43. The monoisotopic (exact) mass is 713 g/mol. The molecule has 1 aromatic heterocycles. The third-order valence-corrected chi connectivity index (χ3v) is 11.9. The van der Waals surface area contributed by atoms with Gasteiger partial charge in [0.05, 0.1) is 11.0 Å². The van der Waals surface area contributed by atoms with Gasteiger partial charge in [-0.3, -0.25) is 0 Å². The van der Waals surface area contributed by atoms with Crippen LogP contribution >= 0.6 is 0 Å². The minimum absolute atomic E-state index is 1.12. The highest BCUT2D eigenvalue weighted by Crippen LogP contribution is 2.43. The molecule has 0 unspecified atom stereocenters. The summed E-state index contributed by atoms with van der Waals surface area (Å²) in [6, 6.07) is 72.1. The number of para-hydroxylation sites is 1. The molecule has 11 rings (SSSR count). The fraction of sp³-hybridized carbons (Fsp3) is 0.0545. The minimum atomic E-state index is 1.12. The zero-order valence-corrected chi connectivity index (χ0v) is 31.3. The summed E-state index contributed by atoms with van der Waals surface area (Å²) >= 11 is 0. The van der Waals surface area contributed by atoms with Gasteiger partial charge < -0.3 is 4.57 Å². The highest BCUT2D eigenvalue weighted by molar-refractivity contribution is 6.27. The van der Waals surface area contributed by atoms with Crippen molar-refractivity contribution in [2.45, 2.75) is 19.8 Å². The van der Waals surface area contributed by atoms with Crippen molar-refractivity contribution in [3.63, 3.8) is 0 Å². The van der Waals surface area contributed by atoms with E-state index < -0.39 is 0 Å². The van der Waals surface area contributed by atoms with Crippen LogP contribution < -0.4 is 0 Å². The van der Waals surface area contributed by atoms with E-state index in [1.54, 1.807) is 0 Å². The van der Waals surface area contributed by atoms with Crippen molar-refractivity contribution >= 4 is 54.1 Å². The Morgan fingerprint density at radius 1 is 0.357 bits per heavy atom. The largest absolute Gasteiger partial charge is 0.309 e. The second-order valence-electron chi connectivity index (χ2n) is 15.2. The zero-order valence-electron chi connectivity index (χ0n) is 31.3. The number of nitrogens with zero attached hydrogens (tertiary/aromatic N) is 1. The summed E-state index contributed by atoms with van der Waals surface area (Å²) in [5, 5.41) is 10.4. The van der Waals surface area contributed by atoms with E-state index in [2.05, 4.69) is 206 Å². The normalized spacial score (nSPS) is 11.8. The molecule has 0 fully saturated rings. The Morgan fingerprint density at radius 2 is 0.839 bits per heavy atom. The molecule has 1 nitrogen and oxygen atoms in total. The van der Waals surface area contributed by atoms with Gasteiger partial charge in [0.2, 0.25) is 0 Å². The first-order chi connectivity index (χ1) is 27.7. The lowest BCUT2D eigenvalue weighted by Crippen LogP contribution is -1.94. The summed E-state index contributed by atoms with van der Waals surface area (Å²) in [6.45, 7) is 2.24. The van der Waals surface area contributed by atoms with Crippen LogP contribution in [0, 0.1) is 0 Å². The molecule has 0 amide bonds. The number of fused-ring (bicyclic) bond motifs is 3. The van der Waals surface area contributed by atoms with Crippen LogP contribution in [0.5, 0.6) is 0 Å². The van der Waals surface area contributed by atoms with E-state index in [0.717, 1.165) is 18.5 Å². The molecule has 0 radical (unpaired) electrons. The summed E-state index contributed by atoms with van der Waals surface area (Å²) < 4.78 is 2.43. The molecule has 0 bridgehead atoms. The van der Waals surface area contributed by atoms with Crippen molar-refractivity contribution in [3.05, 3.63) is 200 Å². The third-order valence-electron chi connectivity index (χ3n) is 11.9. The average molecular weight is 714 g/mol. The van der Waals surface area contributed by atoms with Gasteiger partial charge in [-0.1, -0.05) is 183 Å². The molecule has 56 heavy (non-hydrogen) atoms. The summed E-state index contributed by atoms with van der Waals surface area (Å²) in [4.78, 5) is 0. The summed E-state index contributed by atoms with van der Waals surface area (Å²) in [6.07, 6.45) is 2.28. The SMILES string of the molecule is CCCc1ccc(-c2ccc3ccc4c(-c5ccc(-n6c7ccccc7c7ccc(-c8ccc(-c9ccccc9)cc8)cc76)cc5)ccc5ccc2c3c54)cc1. The maximum Gasteiger partial charge on any atom is 0.0547 e. The minimum Gasteiger partial charge on any atom is -0.309 e. The molecule has 0 aliphatic heterocycles. The molecule has 10 aromatic carbocycles. The van der Waals surface area contributed by atoms with E-state index in [0.29, 0.717) is 0 Å². The number of hydrogen-bond donors (Lipinski definition) is 0. The van der Waals surface area contributed by atoms with Crippen LogP contribution in [0.25, 0.3) is 104 Å². The summed E-state index contributed by atoms with van der Waals surface area (Å²) in [5.41, 5.74) is 14.9. The van der Waals surface area contributed by atoms with Gasteiger partial charge >= 0.3 is 0 Å². The Balaban J connectivity index is 1.00. The Morgan fingerprint density at radius 3 is 1.48 bits per heavy atom. The van der Waals surface area contributed by atoms with Crippen molar-refractivity contribution in [1.29, 1.82) is 0 Å². The first kappa shape index (κ1) is 32.5. The van der Waals surface area contributed by atoms with Crippen LogP contribution in [0.1, 0.15) is 18.9 Å². The second-order valence-corrected chi connectivity index (χ2v) is 15.2. The van der Waals surface area contributed by atoms with Gasteiger partial charge in [0, 0.05) is 16.5 Å². The predicted octanol–water partition coefficient (Wildman–Crippen LogP) is 15.3. The number of hydrogen-bond acceptors (Lipinski definition) is 0. The Bertz CT molecular complexity index is 3200. The molecule has 0 saturated heterocycles. The van der Waals surface area contributed by atoms with Crippen LogP contribution in [0.15, 0.2) is 194 Å². The van der Waals surface area contributed by atoms with Gasteiger partial charge in [-0.15, -0.1) is 0 Å². The average Bonchev–Trinajstić information content (AvgIpc) is 3.60. The smallest absolute Gasteiger partial charge is 0.0547 e. The number of rotatable bonds is 7. The number of aromatic nitrogens is 1. The topological polar surface area (TPSA) is 4.93 Å². The molecule has 264 valence electrons. The fourth-order valence-corrected chi connectivity index (χ4v) is 9.15. The quantitative estimate of drug-likeness (QED) is 0.145. The van der Waals surface area contributed by atoms with Crippen LogP contribution in [0.4, 0.5) is 0 Å². The van der Waals surface area contributed by atoms with E-state index in [1.807, 2.05) is 0 Å². The molecular formula is C55H39N. The molecule has 0 aliphatic rings. The molecule has 0 atom stereocenters. The molecular weight excluding hydrogens is 675 g/mol. The van der Waals surface area contributed by atoms with E-state index >= 15 is 0 Å². The fourth-order valence-electron chi connectivity index (χ4n) is 9.15. The Labute approximate surface area is 327 Å². The van der Waals surface area contributed by atoms with E-state index in [-0.39, 0.29) is 0 Å². The van der Waals surface area contributed by atoms with Crippen molar-refractivity contribution in [2.24, 2.45) is 0 Å². The first-order valence-corrected chi connectivity index (χ1v) is 19.8. The standard InChI is InChI=1S/C55H39N/c1-2-8-36-13-15-40(16-14-36)46-30-23-42-26-34-51-47(31-24-43-25-33-50(46)54(42)55(43)51)41-21-28-45(29-22-41)56-52-12-7-6-11-48(52)49-32-27-44(35-53(49)56)39-19-17-38(18-20-39)37-9-4-3-5-10-37/h3-7,9-35H,2,8H2,1H3. The predicted molar refractivity (Wildman–Crippen MR) is 240 cm³/mol. The maximum atomic E-state index is 2.43. The molecule has 0 aliphatic carbocycles. The van der Waals surface area contributed by atoms with Crippen molar-refractivity contribution in [3.8, 4) is 50.2 Å². The van der Waals surface area contributed by atoms with Crippen molar-refractivity contribution < 1.29 is 0 Å². The lowest BCUT2D eigenvalue weighted by atomic mass is 9.87. The Hall–Kier alpha value is -6.96. The van der Waals surface area contributed by atoms with Crippen LogP contribution in [0.2, 0.25) is 0 Å². The van der Waals surface area contributed by atoms with Gasteiger partial charge in [-0.2, -0.15) is 0 Å². The molecule has 1 heteroatoms. The van der Waals surface area contributed by atoms with Crippen LogP contribution in [-0.2, 0) is 6.42 Å². The third kappa shape index (κ3) is 5.23. The molecule has 0 spiro atoms. The van der Waals surface area contributed by atoms with Crippen molar-refractivity contribution in [1.82, 2.24) is 4.57 Å². The molecule has 11 aromatic rings. The van der Waals surface area contributed by atoms with Crippen LogP contribution in [0.3, 0.4) is 0 Å².